The molecule has 6 rings (SSSR count). The van der Waals surface area contributed by atoms with Crippen LogP contribution in [-0.4, -0.2) is 98.5 Å². The number of H-pyrrole nitrogens is 1. The second kappa shape index (κ2) is 18.0. The summed E-state index contributed by atoms with van der Waals surface area (Å²) < 4.78 is 5.36. The van der Waals surface area contributed by atoms with Gasteiger partial charge in [0.05, 0.1) is 0 Å². The van der Waals surface area contributed by atoms with Gasteiger partial charge in [-0.1, -0.05) is 24.3 Å². The summed E-state index contributed by atoms with van der Waals surface area (Å²) in [5.41, 5.74) is 4.55. The number of hydrogen-bond acceptors (Lipinski definition) is 9. The van der Waals surface area contributed by atoms with E-state index in [9.17, 15) is 24.3 Å². The second-order valence-electron chi connectivity index (χ2n) is 15.7. The predicted octanol–water partition coefficient (Wildman–Crippen LogP) is 6.29. The molecule has 2 aromatic carbocycles. The van der Waals surface area contributed by atoms with Gasteiger partial charge in [-0.3, -0.25) is 9.59 Å². The molecule has 4 amide bonds. The summed E-state index contributed by atoms with van der Waals surface area (Å²) in [4.78, 5) is 62.1. The smallest absolute Gasteiger partial charge is 0.407 e. The molecule has 1 atom stereocenters. The summed E-state index contributed by atoms with van der Waals surface area (Å²) in [6.45, 7) is 9.99. The quantitative estimate of drug-likeness (QED) is 0.115. The van der Waals surface area contributed by atoms with Gasteiger partial charge in [0.25, 0.3) is 0 Å². The molecule has 1 saturated carbocycles. The molecule has 2 fully saturated rings. The number of carbonyl (C=O) groups excluding carboxylic acids is 3. The van der Waals surface area contributed by atoms with Crippen LogP contribution in [0.5, 0.6) is 0 Å². The number of ether oxygens (including phenoxy) is 1. The van der Waals surface area contributed by atoms with E-state index in [1.807, 2.05) is 64.2 Å². The molecule has 15 nitrogen and oxygen atoms in total. The van der Waals surface area contributed by atoms with E-state index in [0.717, 1.165) is 46.5 Å². The molecule has 0 unspecified atom stereocenters. The van der Waals surface area contributed by atoms with Crippen molar-refractivity contribution in [3.8, 4) is 22.5 Å². The van der Waals surface area contributed by atoms with Crippen molar-refractivity contribution in [3.05, 3.63) is 77.2 Å². The molecule has 0 bridgehead atoms. The molecule has 1 aliphatic carbocycles. The maximum atomic E-state index is 13.9. The lowest BCUT2D eigenvalue weighted by molar-refractivity contribution is -0.130. The summed E-state index contributed by atoms with van der Waals surface area (Å²) in [5, 5.41) is 26.1. The average molecular weight is 800 g/mol. The second-order valence-corrected chi connectivity index (χ2v) is 16.1. The third-order valence-electron chi connectivity index (χ3n) is 10.3. The van der Waals surface area contributed by atoms with Crippen molar-refractivity contribution in [2.24, 2.45) is 11.8 Å². The molecular weight excluding hydrogens is 750 g/mol. The summed E-state index contributed by atoms with van der Waals surface area (Å²) in [6, 6.07) is 16.1. The highest BCUT2D eigenvalue weighted by Gasteiger charge is 2.30. The highest BCUT2D eigenvalue weighted by Crippen LogP contribution is 2.30. The van der Waals surface area contributed by atoms with E-state index < -0.39 is 23.8 Å². The van der Waals surface area contributed by atoms with Gasteiger partial charge in [0.2, 0.25) is 17.1 Å². The van der Waals surface area contributed by atoms with Crippen LogP contribution in [0.2, 0.25) is 5.28 Å². The highest BCUT2D eigenvalue weighted by atomic mass is 35.5. The third kappa shape index (κ3) is 11.2. The predicted molar refractivity (Wildman–Crippen MR) is 217 cm³/mol. The monoisotopic (exact) mass is 799 g/mol. The zero-order valence-electron chi connectivity index (χ0n) is 32.7. The Labute approximate surface area is 336 Å². The fourth-order valence-corrected chi connectivity index (χ4v) is 7.31. The first-order valence-electron chi connectivity index (χ1n) is 19.3. The molecule has 302 valence electrons. The number of amides is 4. The number of nitrogens with one attached hydrogen (secondary N) is 4. The van der Waals surface area contributed by atoms with E-state index >= 15 is 0 Å². The molecule has 5 N–H and O–H groups in total. The van der Waals surface area contributed by atoms with Gasteiger partial charge in [-0.15, -0.1) is 10.2 Å². The molecule has 2 aromatic heterocycles. The first kappa shape index (κ1) is 40.9. The number of alkyl carbamates (subject to hydrolysis) is 1. The molecule has 0 spiro atoms. The van der Waals surface area contributed by atoms with E-state index in [4.69, 9.17) is 21.3 Å². The summed E-state index contributed by atoms with van der Waals surface area (Å²) in [7, 11) is 0. The largest absolute Gasteiger partial charge is 0.465 e. The lowest BCUT2D eigenvalue weighted by Gasteiger charge is -2.34. The third-order valence-corrected chi connectivity index (χ3v) is 10.5. The van der Waals surface area contributed by atoms with Gasteiger partial charge in [0.1, 0.15) is 17.5 Å². The zero-order valence-corrected chi connectivity index (χ0v) is 33.4. The molecule has 1 aliphatic heterocycles. The van der Waals surface area contributed by atoms with Gasteiger partial charge in [-0.05, 0) is 118 Å². The molecule has 3 heterocycles. The SMILES string of the molecule is Cc1cc(N2CCN(C(=O)O)CC2)ncc1-c1ccc(C[C@H](NC(=O)[C@H]2CC[C@H](CNC(=O)OC(C)(C)C)CC2)C(=O)Nc2ccc(-c3nnc(Cl)[nH]3)cc2)cc1. The molecule has 4 aromatic rings. The van der Waals surface area contributed by atoms with Gasteiger partial charge in [-0.2, -0.15) is 0 Å². The Balaban J connectivity index is 1.11. The molecule has 1 saturated heterocycles. The Kier molecular flexibility index (Phi) is 13.0. The normalized spacial score (nSPS) is 17.7. The Morgan fingerprint density at radius 2 is 1.61 bits per heavy atom. The van der Waals surface area contributed by atoms with Gasteiger partial charge in [0, 0.05) is 68.1 Å². The van der Waals surface area contributed by atoms with Crippen LogP contribution in [0.25, 0.3) is 22.5 Å². The van der Waals surface area contributed by atoms with Crippen LogP contribution < -0.4 is 20.9 Å². The van der Waals surface area contributed by atoms with Crippen LogP contribution in [0.1, 0.15) is 57.6 Å². The minimum atomic E-state index is -0.905. The molecular formula is C41H50ClN9O6. The number of nitrogens with zero attached hydrogens (tertiary/aromatic N) is 5. The number of pyridine rings is 1. The molecule has 2 aliphatic rings. The maximum absolute atomic E-state index is 13.9. The summed E-state index contributed by atoms with van der Waals surface area (Å²) in [5.74, 6) is 0.768. The van der Waals surface area contributed by atoms with E-state index in [0.29, 0.717) is 57.1 Å². The van der Waals surface area contributed by atoms with Gasteiger partial charge >= 0.3 is 12.2 Å². The first-order valence-corrected chi connectivity index (χ1v) is 19.6. The summed E-state index contributed by atoms with van der Waals surface area (Å²) in [6.07, 6.45) is 3.58. The van der Waals surface area contributed by atoms with Crippen LogP contribution in [0, 0.1) is 18.8 Å². The Morgan fingerprint density at radius 1 is 0.947 bits per heavy atom. The molecule has 0 radical (unpaired) electrons. The summed E-state index contributed by atoms with van der Waals surface area (Å²) >= 11 is 5.89. The van der Waals surface area contributed by atoms with Crippen LogP contribution in [0.3, 0.4) is 0 Å². The van der Waals surface area contributed by atoms with Crippen LogP contribution in [-0.2, 0) is 20.7 Å². The van der Waals surface area contributed by atoms with Crippen molar-refractivity contribution in [3.63, 3.8) is 0 Å². The maximum Gasteiger partial charge on any atom is 0.407 e. The number of carboxylic acid groups (broad SMARTS) is 1. The average Bonchev–Trinajstić information content (AvgIpc) is 3.63. The first-order chi connectivity index (χ1) is 27.2. The van der Waals surface area contributed by atoms with E-state index in [-0.39, 0.29) is 35.4 Å². The van der Waals surface area contributed by atoms with Crippen molar-refractivity contribution in [1.82, 2.24) is 35.7 Å². The lowest BCUT2D eigenvalue weighted by atomic mass is 9.81. The van der Waals surface area contributed by atoms with Crippen molar-refractivity contribution >= 4 is 47.1 Å². The standard InChI is InChI=1S/C41H50ClN9O6/c1-25-21-34(50-17-19-51(20-18-50)40(55)56)43-24-32(25)28-9-5-26(6-10-28)22-33(37(53)45-31-15-13-29(14-16-31)35-47-38(42)49-48-35)46-36(52)30-11-7-27(8-12-30)23-44-39(54)57-41(2,3)4/h5-6,9-10,13-16,21,24,27,30,33H,7-8,11-12,17-20,22-23H2,1-4H3,(H,44,54)(H,45,53)(H,46,52)(H,55,56)(H,47,48,49)/t27-,30-,33-/m0/s1. The van der Waals surface area contributed by atoms with Gasteiger partial charge in [0.15, 0.2) is 5.82 Å². The highest BCUT2D eigenvalue weighted by molar-refractivity contribution is 6.28. The number of halogens is 1. The number of anilines is 2. The van der Waals surface area contributed by atoms with Crippen molar-refractivity contribution in [2.75, 3.05) is 42.9 Å². The minimum Gasteiger partial charge on any atom is -0.465 e. The number of aromatic amines is 1. The van der Waals surface area contributed by atoms with Crippen LogP contribution >= 0.6 is 11.6 Å². The number of aromatic nitrogens is 4. The number of aryl methyl sites for hydroxylation is 1. The van der Waals surface area contributed by atoms with Crippen molar-refractivity contribution < 1.29 is 29.0 Å². The lowest BCUT2D eigenvalue weighted by Crippen LogP contribution is -2.48. The molecule has 16 heteroatoms. The van der Waals surface area contributed by atoms with Crippen LogP contribution in [0.15, 0.2) is 60.8 Å². The minimum absolute atomic E-state index is 0.172. The number of carbonyl (C=O) groups is 4. The fraction of sp³-hybridized carbons (Fsp3) is 0.439. The van der Waals surface area contributed by atoms with Gasteiger partial charge in [-0.25, -0.2) is 14.6 Å². The van der Waals surface area contributed by atoms with E-state index in [1.54, 1.807) is 24.3 Å². The van der Waals surface area contributed by atoms with Crippen LogP contribution in [0.4, 0.5) is 21.1 Å². The topological polar surface area (TPSA) is 195 Å². The zero-order chi connectivity index (χ0) is 40.7. The van der Waals surface area contributed by atoms with E-state index in [2.05, 4.69) is 36.0 Å². The van der Waals surface area contributed by atoms with Crippen molar-refractivity contribution in [1.29, 1.82) is 0 Å². The van der Waals surface area contributed by atoms with Crippen molar-refractivity contribution in [2.45, 2.75) is 71.4 Å². The van der Waals surface area contributed by atoms with E-state index in [1.165, 1.54) is 4.90 Å². The number of rotatable bonds is 11. The fourth-order valence-electron chi connectivity index (χ4n) is 7.18. The molecule has 57 heavy (non-hydrogen) atoms. The Bertz CT molecular complexity index is 2030. The Hall–Kier alpha value is -5.70. The van der Waals surface area contributed by atoms with Gasteiger partial charge < -0.3 is 40.6 Å². The number of benzene rings is 2. The number of hydrogen-bond donors (Lipinski definition) is 5. The number of piperazine rings is 1. The Morgan fingerprint density at radius 3 is 2.21 bits per heavy atom.